The molecule has 0 spiro atoms. The molecule has 0 bridgehead atoms. The molecule has 0 aliphatic carbocycles. The highest BCUT2D eigenvalue weighted by atomic mass is 16.6. The minimum Gasteiger partial charge on any atom is -0.393 e. The van der Waals surface area contributed by atoms with Crippen LogP contribution in [0.25, 0.3) is 0 Å². The van der Waals surface area contributed by atoms with E-state index in [9.17, 15) is 19.5 Å². The first kappa shape index (κ1) is 25.5. The second kappa shape index (κ2) is 17.9. The van der Waals surface area contributed by atoms with E-state index in [4.69, 9.17) is 0 Å². The van der Waals surface area contributed by atoms with Crippen LogP contribution in [0, 0.1) is 0 Å². The number of carbonyl (C=O) groups excluding carboxylic acids is 3. The van der Waals surface area contributed by atoms with Crippen LogP contribution in [-0.4, -0.2) is 28.9 Å². The second-order valence-corrected chi connectivity index (χ2v) is 7.23. The molecule has 1 unspecified atom stereocenters. The van der Waals surface area contributed by atoms with Gasteiger partial charge in [0.1, 0.15) is 12.2 Å². The number of hydrogen-bond acceptors (Lipinski definition) is 5. The highest BCUT2D eigenvalue weighted by Crippen LogP contribution is 2.11. The number of aliphatic hydroxyl groups is 1. The zero-order valence-electron chi connectivity index (χ0n) is 17.2. The van der Waals surface area contributed by atoms with E-state index in [1.165, 1.54) is 32.6 Å². The van der Waals surface area contributed by atoms with Gasteiger partial charge in [-0.1, -0.05) is 70.4 Å². The molecule has 0 aliphatic rings. The molecule has 5 nitrogen and oxygen atoms in total. The molecular weight excluding hydrogens is 344 g/mol. The van der Waals surface area contributed by atoms with Gasteiger partial charge in [-0.2, -0.15) is 0 Å². The van der Waals surface area contributed by atoms with E-state index in [1.807, 2.05) is 6.08 Å². The normalized spacial score (nSPS) is 12.3. The van der Waals surface area contributed by atoms with Gasteiger partial charge in [0, 0.05) is 6.42 Å². The molecule has 0 aromatic heterocycles. The SMILES string of the molecule is CCCCCC/C=C\C(O)CCCCCCCCC(=O)OC(=O)CC(C)=O. The van der Waals surface area contributed by atoms with Gasteiger partial charge in [0.25, 0.3) is 0 Å². The first-order chi connectivity index (χ1) is 13.0. The minimum atomic E-state index is -0.763. The molecule has 0 radical (unpaired) electrons. The summed E-state index contributed by atoms with van der Waals surface area (Å²) in [6.45, 7) is 3.49. The Morgan fingerprint density at radius 1 is 0.889 bits per heavy atom. The zero-order chi connectivity index (χ0) is 20.3. The zero-order valence-corrected chi connectivity index (χ0v) is 17.2. The maximum absolute atomic E-state index is 11.4. The monoisotopic (exact) mass is 382 g/mol. The lowest BCUT2D eigenvalue weighted by molar-refractivity contribution is -0.160. The summed E-state index contributed by atoms with van der Waals surface area (Å²) in [4.78, 5) is 33.3. The molecule has 0 aliphatic heterocycles. The van der Waals surface area contributed by atoms with Crippen molar-refractivity contribution in [2.75, 3.05) is 0 Å². The Kier molecular flexibility index (Phi) is 16.9. The second-order valence-electron chi connectivity index (χ2n) is 7.23. The van der Waals surface area contributed by atoms with E-state index in [0.29, 0.717) is 6.42 Å². The topological polar surface area (TPSA) is 80.7 Å². The summed E-state index contributed by atoms with van der Waals surface area (Å²) in [5, 5.41) is 9.89. The van der Waals surface area contributed by atoms with Gasteiger partial charge in [-0.3, -0.25) is 14.4 Å². The summed E-state index contributed by atoms with van der Waals surface area (Å²) in [6.07, 6.45) is 16.2. The van der Waals surface area contributed by atoms with Gasteiger partial charge in [0.15, 0.2) is 0 Å². The van der Waals surface area contributed by atoms with Gasteiger partial charge in [-0.15, -0.1) is 0 Å². The smallest absolute Gasteiger partial charge is 0.320 e. The van der Waals surface area contributed by atoms with E-state index >= 15 is 0 Å². The van der Waals surface area contributed by atoms with Crippen molar-refractivity contribution in [3.8, 4) is 0 Å². The number of esters is 2. The van der Waals surface area contributed by atoms with Crippen molar-refractivity contribution in [3.05, 3.63) is 12.2 Å². The van der Waals surface area contributed by atoms with Crippen molar-refractivity contribution >= 4 is 17.7 Å². The van der Waals surface area contributed by atoms with Crippen LogP contribution in [0.1, 0.15) is 104 Å². The van der Waals surface area contributed by atoms with E-state index < -0.39 is 11.9 Å². The molecule has 0 amide bonds. The summed E-state index contributed by atoms with van der Waals surface area (Å²) in [6, 6.07) is 0. The van der Waals surface area contributed by atoms with E-state index in [2.05, 4.69) is 17.7 Å². The molecule has 1 atom stereocenters. The number of Topliss-reactive ketones (excluding diaryl/α,β-unsaturated/α-hetero) is 1. The van der Waals surface area contributed by atoms with Gasteiger partial charge >= 0.3 is 11.9 Å². The van der Waals surface area contributed by atoms with E-state index in [-0.39, 0.29) is 24.7 Å². The average Bonchev–Trinajstić information content (AvgIpc) is 2.59. The largest absolute Gasteiger partial charge is 0.393 e. The predicted octanol–water partition coefficient (Wildman–Crippen LogP) is 5.04. The number of aliphatic hydroxyl groups excluding tert-OH is 1. The lowest BCUT2D eigenvalue weighted by Gasteiger charge is -2.06. The Labute approximate surface area is 164 Å². The lowest BCUT2D eigenvalue weighted by Crippen LogP contribution is -2.14. The van der Waals surface area contributed by atoms with E-state index in [0.717, 1.165) is 44.9 Å². The first-order valence-electron chi connectivity index (χ1n) is 10.5. The molecule has 0 saturated heterocycles. The fourth-order valence-electron chi connectivity index (χ4n) is 2.79. The van der Waals surface area contributed by atoms with Crippen LogP contribution in [0.3, 0.4) is 0 Å². The van der Waals surface area contributed by atoms with Crippen LogP contribution in [0.15, 0.2) is 12.2 Å². The van der Waals surface area contributed by atoms with Crippen LogP contribution >= 0.6 is 0 Å². The maximum atomic E-state index is 11.4. The summed E-state index contributed by atoms with van der Waals surface area (Å²) in [5.41, 5.74) is 0. The van der Waals surface area contributed by atoms with Gasteiger partial charge in [-0.25, -0.2) is 0 Å². The van der Waals surface area contributed by atoms with Crippen LogP contribution in [0.2, 0.25) is 0 Å². The Bertz CT molecular complexity index is 442. The van der Waals surface area contributed by atoms with Crippen molar-refractivity contribution in [3.63, 3.8) is 0 Å². The van der Waals surface area contributed by atoms with E-state index in [1.54, 1.807) is 0 Å². The quantitative estimate of drug-likeness (QED) is 0.165. The van der Waals surface area contributed by atoms with Gasteiger partial charge in [-0.05, 0) is 32.6 Å². The van der Waals surface area contributed by atoms with Crippen LogP contribution in [0.4, 0.5) is 0 Å². The minimum absolute atomic E-state index is 0.214. The highest BCUT2D eigenvalue weighted by molar-refractivity contribution is 5.98. The Balaban J connectivity index is 3.46. The number of ether oxygens (including phenoxy) is 1. The number of ketones is 1. The lowest BCUT2D eigenvalue weighted by atomic mass is 10.1. The molecule has 27 heavy (non-hydrogen) atoms. The third-order valence-corrected chi connectivity index (χ3v) is 4.33. The van der Waals surface area contributed by atoms with Gasteiger partial charge < -0.3 is 9.84 Å². The third-order valence-electron chi connectivity index (χ3n) is 4.33. The van der Waals surface area contributed by atoms with Crippen molar-refractivity contribution in [2.24, 2.45) is 0 Å². The van der Waals surface area contributed by atoms with Crippen molar-refractivity contribution in [2.45, 2.75) is 110 Å². The molecule has 0 saturated carbocycles. The molecule has 0 heterocycles. The molecule has 156 valence electrons. The van der Waals surface area contributed by atoms with Crippen LogP contribution in [-0.2, 0) is 19.1 Å². The summed E-state index contributed by atoms with van der Waals surface area (Å²) < 4.78 is 4.56. The van der Waals surface area contributed by atoms with Crippen LogP contribution < -0.4 is 0 Å². The number of unbranched alkanes of at least 4 members (excludes halogenated alkanes) is 9. The van der Waals surface area contributed by atoms with Crippen molar-refractivity contribution < 1.29 is 24.2 Å². The molecule has 0 rings (SSSR count). The molecule has 0 aromatic rings. The van der Waals surface area contributed by atoms with Crippen molar-refractivity contribution in [1.82, 2.24) is 0 Å². The molecular formula is C22H38O5. The summed E-state index contributed by atoms with van der Waals surface area (Å²) >= 11 is 0. The molecule has 1 N–H and O–H groups in total. The Morgan fingerprint density at radius 2 is 1.52 bits per heavy atom. The standard InChI is InChI=1S/C22H38O5/c1-3-4-5-6-9-12-15-20(24)16-13-10-7-8-11-14-17-21(25)27-22(26)18-19(2)23/h12,15,20,24H,3-11,13-14,16-18H2,1-2H3/b15-12-. The van der Waals surface area contributed by atoms with Crippen molar-refractivity contribution in [1.29, 1.82) is 0 Å². The average molecular weight is 383 g/mol. The Hall–Kier alpha value is -1.49. The number of hydrogen-bond donors (Lipinski definition) is 1. The fraction of sp³-hybridized carbons (Fsp3) is 0.773. The number of carbonyl (C=O) groups is 3. The number of rotatable bonds is 17. The first-order valence-corrected chi connectivity index (χ1v) is 10.5. The summed E-state index contributed by atoms with van der Waals surface area (Å²) in [7, 11) is 0. The predicted molar refractivity (Wildman–Crippen MR) is 107 cm³/mol. The Morgan fingerprint density at radius 3 is 2.19 bits per heavy atom. The van der Waals surface area contributed by atoms with Gasteiger partial charge in [0.2, 0.25) is 0 Å². The fourth-order valence-corrected chi connectivity index (χ4v) is 2.79. The molecule has 0 aromatic carbocycles. The highest BCUT2D eigenvalue weighted by Gasteiger charge is 2.11. The third kappa shape index (κ3) is 19.1. The van der Waals surface area contributed by atoms with Gasteiger partial charge in [0.05, 0.1) is 6.10 Å². The molecule has 0 fully saturated rings. The summed E-state index contributed by atoms with van der Waals surface area (Å²) in [5.74, 6) is -1.62. The van der Waals surface area contributed by atoms with Crippen LogP contribution in [0.5, 0.6) is 0 Å². The maximum Gasteiger partial charge on any atom is 0.320 e. The number of allylic oxidation sites excluding steroid dienone is 1. The molecule has 5 heteroatoms.